The van der Waals surface area contributed by atoms with E-state index in [4.69, 9.17) is 9.72 Å². The molecule has 0 fully saturated rings. The molecule has 37 heavy (non-hydrogen) atoms. The minimum atomic E-state index is -3.52. The lowest BCUT2D eigenvalue weighted by molar-refractivity contribution is 0.222. The standard InChI is InChI=1S/C29H26N2O4S2/c1-35-25-14-12-23(13-15-25)28-16-26(22-10-6-3-7-11-22)27(17-30)29(31-28)36-18-24(32)20-37(33,34)19-21-8-4-2-5-9-21/h2-16,24,32H,18-20H2,1H3/t24-/m1/s1. The lowest BCUT2D eigenvalue weighted by Gasteiger charge is -2.15. The van der Waals surface area contributed by atoms with E-state index in [-0.39, 0.29) is 17.3 Å². The average molecular weight is 531 g/mol. The quantitative estimate of drug-likeness (QED) is 0.275. The van der Waals surface area contributed by atoms with Crippen molar-refractivity contribution in [2.45, 2.75) is 16.9 Å². The molecular formula is C29H26N2O4S2. The number of methoxy groups -OCH3 is 1. The van der Waals surface area contributed by atoms with Gasteiger partial charge < -0.3 is 9.84 Å². The van der Waals surface area contributed by atoms with Crippen molar-refractivity contribution in [1.82, 2.24) is 4.98 Å². The van der Waals surface area contributed by atoms with Gasteiger partial charge in [0, 0.05) is 16.9 Å². The van der Waals surface area contributed by atoms with Gasteiger partial charge in [0.05, 0.1) is 36.0 Å². The number of aromatic nitrogens is 1. The molecule has 3 aromatic carbocycles. The summed E-state index contributed by atoms with van der Waals surface area (Å²) in [6, 6.07) is 30.0. The number of aliphatic hydroxyl groups is 1. The summed E-state index contributed by atoms with van der Waals surface area (Å²) in [5, 5.41) is 21.1. The SMILES string of the molecule is COc1ccc(-c2cc(-c3ccccc3)c(C#N)c(SC[C@@H](O)CS(=O)(=O)Cc3ccccc3)n2)cc1. The van der Waals surface area contributed by atoms with Gasteiger partial charge in [0.25, 0.3) is 0 Å². The molecule has 1 aromatic heterocycles. The predicted octanol–water partition coefficient (Wildman–Crippen LogP) is 5.36. The second-order valence-corrected chi connectivity index (χ2v) is 11.6. The molecule has 4 rings (SSSR count). The summed E-state index contributed by atoms with van der Waals surface area (Å²) in [4.78, 5) is 4.73. The third kappa shape index (κ3) is 6.98. The number of ether oxygens (including phenoxy) is 1. The molecule has 0 aliphatic heterocycles. The Kier molecular flexibility index (Phi) is 8.62. The van der Waals surface area contributed by atoms with Crippen molar-refractivity contribution in [3.05, 3.63) is 102 Å². The van der Waals surface area contributed by atoms with Crippen LogP contribution in [-0.4, -0.2) is 43.2 Å². The first-order valence-electron chi connectivity index (χ1n) is 11.6. The van der Waals surface area contributed by atoms with Crippen LogP contribution in [0, 0.1) is 11.3 Å². The van der Waals surface area contributed by atoms with Gasteiger partial charge in [-0.15, -0.1) is 11.8 Å². The Morgan fingerprint density at radius 2 is 1.62 bits per heavy atom. The van der Waals surface area contributed by atoms with Gasteiger partial charge in [-0.05, 0) is 41.5 Å². The maximum Gasteiger partial charge on any atom is 0.157 e. The lowest BCUT2D eigenvalue weighted by Crippen LogP contribution is -2.24. The van der Waals surface area contributed by atoms with Crippen molar-refractivity contribution in [2.75, 3.05) is 18.6 Å². The van der Waals surface area contributed by atoms with Crippen LogP contribution in [0.5, 0.6) is 5.75 Å². The maximum atomic E-state index is 12.6. The van der Waals surface area contributed by atoms with Crippen molar-refractivity contribution in [3.63, 3.8) is 0 Å². The highest BCUT2D eigenvalue weighted by Crippen LogP contribution is 2.35. The van der Waals surface area contributed by atoms with Crippen molar-refractivity contribution in [1.29, 1.82) is 5.26 Å². The summed E-state index contributed by atoms with van der Waals surface area (Å²) in [5.41, 5.74) is 4.15. The highest BCUT2D eigenvalue weighted by Gasteiger charge is 2.21. The minimum Gasteiger partial charge on any atom is -0.497 e. The monoisotopic (exact) mass is 530 g/mol. The number of benzene rings is 3. The van der Waals surface area contributed by atoms with E-state index in [1.54, 1.807) is 31.4 Å². The molecule has 0 saturated heterocycles. The van der Waals surface area contributed by atoms with Gasteiger partial charge in [0.2, 0.25) is 0 Å². The van der Waals surface area contributed by atoms with Crippen LogP contribution in [0.4, 0.5) is 0 Å². The van der Waals surface area contributed by atoms with Crippen molar-refractivity contribution in [2.24, 2.45) is 0 Å². The van der Waals surface area contributed by atoms with Gasteiger partial charge in [-0.2, -0.15) is 5.26 Å². The van der Waals surface area contributed by atoms with Crippen molar-refractivity contribution >= 4 is 21.6 Å². The van der Waals surface area contributed by atoms with Crippen molar-refractivity contribution < 1.29 is 18.3 Å². The van der Waals surface area contributed by atoms with E-state index in [1.165, 1.54) is 11.8 Å². The van der Waals surface area contributed by atoms with Crippen LogP contribution < -0.4 is 4.74 Å². The Balaban J connectivity index is 1.61. The third-order valence-corrected chi connectivity index (χ3v) is 8.44. The van der Waals surface area contributed by atoms with E-state index in [2.05, 4.69) is 6.07 Å². The van der Waals surface area contributed by atoms with Gasteiger partial charge in [0.15, 0.2) is 9.84 Å². The van der Waals surface area contributed by atoms with Gasteiger partial charge in [-0.25, -0.2) is 13.4 Å². The fourth-order valence-corrected chi connectivity index (χ4v) is 6.50. The summed E-state index contributed by atoms with van der Waals surface area (Å²) in [5.74, 6) is 0.286. The molecule has 188 valence electrons. The Hall–Kier alpha value is -3.64. The molecular weight excluding hydrogens is 504 g/mol. The molecule has 0 saturated carbocycles. The first kappa shape index (κ1) is 26.4. The Morgan fingerprint density at radius 3 is 2.24 bits per heavy atom. The van der Waals surface area contributed by atoms with Gasteiger partial charge in [-0.3, -0.25) is 0 Å². The minimum absolute atomic E-state index is 0.0794. The first-order valence-corrected chi connectivity index (χ1v) is 14.4. The van der Waals surface area contributed by atoms with Crippen molar-refractivity contribution in [3.8, 4) is 34.2 Å². The zero-order chi connectivity index (χ0) is 26.3. The van der Waals surface area contributed by atoms with Crippen LogP contribution >= 0.6 is 11.8 Å². The molecule has 1 heterocycles. The van der Waals surface area contributed by atoms with E-state index in [9.17, 15) is 18.8 Å². The number of nitrogens with zero attached hydrogens (tertiary/aromatic N) is 2. The second kappa shape index (κ2) is 12.1. The van der Waals surface area contributed by atoms with E-state index < -0.39 is 15.9 Å². The number of nitriles is 1. The number of aliphatic hydroxyl groups excluding tert-OH is 1. The van der Waals surface area contributed by atoms with Crippen LogP contribution in [-0.2, 0) is 15.6 Å². The summed E-state index contributed by atoms with van der Waals surface area (Å²) in [6.45, 7) is 0. The molecule has 1 atom stereocenters. The van der Waals surface area contributed by atoms with Crippen LogP contribution in [0.3, 0.4) is 0 Å². The second-order valence-electron chi connectivity index (χ2n) is 8.45. The Labute approximate surface area is 221 Å². The van der Waals surface area contributed by atoms with Gasteiger partial charge >= 0.3 is 0 Å². The Morgan fingerprint density at radius 1 is 0.973 bits per heavy atom. The number of sulfone groups is 1. The zero-order valence-electron chi connectivity index (χ0n) is 20.2. The predicted molar refractivity (Wildman–Crippen MR) is 147 cm³/mol. The highest BCUT2D eigenvalue weighted by molar-refractivity contribution is 7.99. The molecule has 6 nitrogen and oxygen atoms in total. The highest BCUT2D eigenvalue weighted by atomic mass is 32.2. The van der Waals surface area contributed by atoms with Crippen LogP contribution in [0.25, 0.3) is 22.4 Å². The van der Waals surface area contributed by atoms with E-state index in [0.717, 1.165) is 22.4 Å². The molecule has 0 radical (unpaired) electrons. The topological polar surface area (TPSA) is 100 Å². The third-order valence-electron chi connectivity index (χ3n) is 5.66. The zero-order valence-corrected chi connectivity index (χ0v) is 21.9. The molecule has 0 spiro atoms. The number of rotatable bonds is 10. The van der Waals surface area contributed by atoms with Gasteiger partial charge in [-0.1, -0.05) is 60.7 Å². The number of hydrogen-bond donors (Lipinski definition) is 1. The summed E-state index contributed by atoms with van der Waals surface area (Å²) in [6.07, 6.45) is -1.11. The molecule has 0 aliphatic carbocycles. The average Bonchev–Trinajstić information content (AvgIpc) is 2.92. The summed E-state index contributed by atoms with van der Waals surface area (Å²) < 4.78 is 30.5. The number of hydrogen-bond acceptors (Lipinski definition) is 7. The summed E-state index contributed by atoms with van der Waals surface area (Å²) in [7, 11) is -1.92. The smallest absolute Gasteiger partial charge is 0.157 e. The number of pyridine rings is 1. The van der Waals surface area contributed by atoms with Crippen LogP contribution in [0.1, 0.15) is 11.1 Å². The van der Waals surface area contributed by atoms with Crippen LogP contribution in [0.2, 0.25) is 0 Å². The maximum absolute atomic E-state index is 12.6. The molecule has 0 unspecified atom stereocenters. The van der Waals surface area contributed by atoms with Gasteiger partial charge in [0.1, 0.15) is 16.8 Å². The molecule has 0 amide bonds. The largest absolute Gasteiger partial charge is 0.497 e. The molecule has 1 N–H and O–H groups in total. The van der Waals surface area contributed by atoms with Crippen LogP contribution in [0.15, 0.2) is 96.0 Å². The van der Waals surface area contributed by atoms with E-state index in [0.29, 0.717) is 21.8 Å². The normalized spacial score (nSPS) is 12.0. The molecule has 4 aromatic rings. The fourth-order valence-electron chi connectivity index (χ4n) is 3.89. The van der Waals surface area contributed by atoms with E-state index >= 15 is 0 Å². The molecule has 0 bridgehead atoms. The first-order chi connectivity index (χ1) is 17.9. The lowest BCUT2D eigenvalue weighted by atomic mass is 9.99. The number of thioether (sulfide) groups is 1. The fraction of sp³-hybridized carbons (Fsp3) is 0.172. The summed E-state index contributed by atoms with van der Waals surface area (Å²) >= 11 is 1.18. The van der Waals surface area contributed by atoms with E-state index in [1.807, 2.05) is 66.7 Å². The molecule has 0 aliphatic rings. The Bertz CT molecular complexity index is 1490. The molecule has 8 heteroatoms.